The van der Waals surface area contributed by atoms with Gasteiger partial charge >= 0.3 is 0 Å². The summed E-state index contributed by atoms with van der Waals surface area (Å²) < 4.78 is 5.07. The van der Waals surface area contributed by atoms with Gasteiger partial charge in [-0.25, -0.2) is 0 Å². The van der Waals surface area contributed by atoms with Crippen LogP contribution in [-0.4, -0.2) is 18.3 Å². The SMILES string of the molecule is CO[C@@H](C)[C@@H](O)c1c(C)cccc1Cl. The number of halogens is 1. The van der Waals surface area contributed by atoms with Gasteiger partial charge < -0.3 is 9.84 Å². The third-order valence-electron chi connectivity index (χ3n) is 2.38. The molecular weight excluding hydrogens is 200 g/mol. The van der Waals surface area contributed by atoms with Crippen LogP contribution in [0, 0.1) is 6.92 Å². The summed E-state index contributed by atoms with van der Waals surface area (Å²) in [5.41, 5.74) is 1.73. The molecule has 0 radical (unpaired) electrons. The van der Waals surface area contributed by atoms with E-state index in [9.17, 15) is 5.11 Å². The summed E-state index contributed by atoms with van der Waals surface area (Å²) in [5.74, 6) is 0. The molecule has 0 fully saturated rings. The van der Waals surface area contributed by atoms with Crippen LogP contribution in [0.3, 0.4) is 0 Å². The number of aliphatic hydroxyl groups excluding tert-OH is 1. The Morgan fingerprint density at radius 3 is 2.57 bits per heavy atom. The van der Waals surface area contributed by atoms with Gasteiger partial charge in [0.25, 0.3) is 0 Å². The standard InChI is InChI=1S/C11H15ClO2/c1-7-5-4-6-9(12)10(7)11(13)8(2)14-3/h4-6,8,11,13H,1-3H3/t8-,11+/m0/s1. The predicted octanol–water partition coefficient (Wildman–Crippen LogP) is 2.72. The van der Waals surface area contributed by atoms with Crippen LogP contribution in [0.5, 0.6) is 0 Å². The Balaban J connectivity index is 3.05. The molecule has 0 aliphatic carbocycles. The molecule has 1 rings (SSSR count). The summed E-state index contributed by atoms with van der Waals surface area (Å²) in [5, 5.41) is 10.5. The third-order valence-corrected chi connectivity index (χ3v) is 2.71. The summed E-state index contributed by atoms with van der Waals surface area (Å²) in [6.07, 6.45) is -0.928. The maximum absolute atomic E-state index is 9.94. The van der Waals surface area contributed by atoms with Crippen molar-refractivity contribution >= 4 is 11.6 Å². The fraction of sp³-hybridized carbons (Fsp3) is 0.455. The normalized spacial score (nSPS) is 15.2. The first-order chi connectivity index (χ1) is 6.57. The Morgan fingerprint density at radius 2 is 2.07 bits per heavy atom. The smallest absolute Gasteiger partial charge is 0.107 e. The van der Waals surface area contributed by atoms with Crippen LogP contribution in [-0.2, 0) is 4.74 Å². The average Bonchev–Trinajstić information content (AvgIpc) is 2.16. The first-order valence-electron chi connectivity index (χ1n) is 4.53. The van der Waals surface area contributed by atoms with Crippen LogP contribution in [0.1, 0.15) is 24.2 Å². The Bertz CT molecular complexity index is 292. The number of hydrogen-bond donors (Lipinski definition) is 1. The molecule has 14 heavy (non-hydrogen) atoms. The molecule has 0 spiro atoms. The minimum absolute atomic E-state index is 0.256. The molecule has 0 bridgehead atoms. The maximum Gasteiger partial charge on any atom is 0.107 e. The molecule has 0 unspecified atom stereocenters. The van der Waals surface area contributed by atoms with E-state index in [1.807, 2.05) is 26.0 Å². The van der Waals surface area contributed by atoms with Gasteiger partial charge in [0.05, 0.1) is 6.10 Å². The summed E-state index contributed by atoms with van der Waals surface area (Å²) in [6.45, 7) is 3.74. The van der Waals surface area contributed by atoms with Gasteiger partial charge in [0.15, 0.2) is 0 Å². The van der Waals surface area contributed by atoms with E-state index in [4.69, 9.17) is 16.3 Å². The molecule has 1 aromatic carbocycles. The molecule has 0 aliphatic rings. The fourth-order valence-corrected chi connectivity index (χ4v) is 1.72. The van der Waals surface area contributed by atoms with E-state index in [0.29, 0.717) is 5.02 Å². The molecule has 0 heterocycles. The van der Waals surface area contributed by atoms with Crippen molar-refractivity contribution in [3.63, 3.8) is 0 Å². The van der Waals surface area contributed by atoms with Gasteiger partial charge in [0.2, 0.25) is 0 Å². The number of aliphatic hydroxyl groups is 1. The van der Waals surface area contributed by atoms with E-state index >= 15 is 0 Å². The highest BCUT2D eigenvalue weighted by atomic mass is 35.5. The van der Waals surface area contributed by atoms with E-state index < -0.39 is 6.10 Å². The summed E-state index contributed by atoms with van der Waals surface area (Å²) in [6, 6.07) is 5.56. The van der Waals surface area contributed by atoms with Gasteiger partial charge in [-0.1, -0.05) is 23.7 Å². The van der Waals surface area contributed by atoms with E-state index in [1.165, 1.54) is 0 Å². The van der Waals surface area contributed by atoms with Gasteiger partial charge in [-0.3, -0.25) is 0 Å². The quantitative estimate of drug-likeness (QED) is 0.839. The Kier molecular flexibility index (Phi) is 3.93. The molecule has 0 saturated carbocycles. The van der Waals surface area contributed by atoms with Crippen molar-refractivity contribution < 1.29 is 9.84 Å². The van der Waals surface area contributed by atoms with Gasteiger partial charge in [0.1, 0.15) is 6.10 Å². The molecule has 2 atom stereocenters. The Morgan fingerprint density at radius 1 is 1.43 bits per heavy atom. The number of rotatable bonds is 3. The monoisotopic (exact) mass is 214 g/mol. The van der Waals surface area contributed by atoms with Crippen molar-refractivity contribution in [2.45, 2.75) is 26.1 Å². The molecule has 78 valence electrons. The topological polar surface area (TPSA) is 29.5 Å². The second kappa shape index (κ2) is 4.78. The van der Waals surface area contributed by atoms with Crippen molar-refractivity contribution in [1.29, 1.82) is 0 Å². The zero-order valence-corrected chi connectivity index (χ0v) is 9.38. The Labute approximate surface area is 89.5 Å². The number of ether oxygens (including phenoxy) is 1. The third kappa shape index (κ3) is 2.27. The van der Waals surface area contributed by atoms with Crippen molar-refractivity contribution in [3.8, 4) is 0 Å². The van der Waals surface area contributed by atoms with Gasteiger partial charge in [-0.15, -0.1) is 0 Å². The second-order valence-corrected chi connectivity index (χ2v) is 3.76. The maximum atomic E-state index is 9.94. The zero-order chi connectivity index (χ0) is 10.7. The molecule has 0 aromatic heterocycles. The van der Waals surface area contributed by atoms with Crippen molar-refractivity contribution in [2.24, 2.45) is 0 Å². The highest BCUT2D eigenvalue weighted by Crippen LogP contribution is 2.29. The van der Waals surface area contributed by atoms with Crippen molar-refractivity contribution in [2.75, 3.05) is 7.11 Å². The molecule has 0 amide bonds. The first-order valence-corrected chi connectivity index (χ1v) is 4.91. The highest BCUT2D eigenvalue weighted by Gasteiger charge is 2.20. The molecule has 1 aromatic rings. The van der Waals surface area contributed by atoms with E-state index in [2.05, 4.69) is 0 Å². The first kappa shape index (κ1) is 11.5. The lowest BCUT2D eigenvalue weighted by Gasteiger charge is -2.20. The fourth-order valence-electron chi connectivity index (χ4n) is 1.38. The minimum atomic E-state index is -0.673. The number of aryl methyl sites for hydroxylation is 1. The van der Waals surface area contributed by atoms with Gasteiger partial charge in [-0.2, -0.15) is 0 Å². The van der Waals surface area contributed by atoms with E-state index in [0.717, 1.165) is 11.1 Å². The molecular formula is C11H15ClO2. The summed E-state index contributed by atoms with van der Waals surface area (Å²) in [7, 11) is 1.57. The lowest BCUT2D eigenvalue weighted by atomic mass is 10.0. The van der Waals surface area contributed by atoms with Crippen LogP contribution in [0.25, 0.3) is 0 Å². The predicted molar refractivity (Wildman–Crippen MR) is 57.6 cm³/mol. The van der Waals surface area contributed by atoms with Crippen molar-refractivity contribution in [3.05, 3.63) is 34.3 Å². The largest absolute Gasteiger partial charge is 0.386 e. The lowest BCUT2D eigenvalue weighted by molar-refractivity contribution is -0.00167. The van der Waals surface area contributed by atoms with Crippen LogP contribution in [0.4, 0.5) is 0 Å². The molecule has 3 heteroatoms. The van der Waals surface area contributed by atoms with Crippen LogP contribution >= 0.6 is 11.6 Å². The number of benzene rings is 1. The van der Waals surface area contributed by atoms with Gasteiger partial charge in [-0.05, 0) is 25.5 Å². The average molecular weight is 215 g/mol. The number of hydrogen-bond acceptors (Lipinski definition) is 2. The van der Waals surface area contributed by atoms with E-state index in [1.54, 1.807) is 13.2 Å². The minimum Gasteiger partial charge on any atom is -0.386 e. The van der Waals surface area contributed by atoms with Crippen molar-refractivity contribution in [1.82, 2.24) is 0 Å². The summed E-state index contributed by atoms with van der Waals surface area (Å²) >= 11 is 6.01. The van der Waals surface area contributed by atoms with Crippen LogP contribution in [0.2, 0.25) is 5.02 Å². The lowest BCUT2D eigenvalue weighted by Crippen LogP contribution is -2.18. The molecule has 2 nitrogen and oxygen atoms in total. The van der Waals surface area contributed by atoms with Crippen LogP contribution in [0.15, 0.2) is 18.2 Å². The van der Waals surface area contributed by atoms with Gasteiger partial charge in [0, 0.05) is 17.7 Å². The number of methoxy groups -OCH3 is 1. The summed E-state index contributed by atoms with van der Waals surface area (Å²) in [4.78, 5) is 0. The second-order valence-electron chi connectivity index (χ2n) is 3.36. The zero-order valence-electron chi connectivity index (χ0n) is 8.62. The molecule has 0 saturated heterocycles. The highest BCUT2D eigenvalue weighted by molar-refractivity contribution is 6.31. The Hall–Kier alpha value is -0.570. The van der Waals surface area contributed by atoms with E-state index in [-0.39, 0.29) is 6.10 Å². The van der Waals surface area contributed by atoms with Crippen LogP contribution < -0.4 is 0 Å². The molecule has 1 N–H and O–H groups in total. The molecule has 0 aliphatic heterocycles.